The van der Waals surface area contributed by atoms with Gasteiger partial charge in [0.25, 0.3) is 6.01 Å². The Kier molecular flexibility index (Phi) is 3.34. The minimum absolute atomic E-state index is 0.691. The first-order valence-electron chi connectivity index (χ1n) is 6.22. The van der Waals surface area contributed by atoms with E-state index in [1.54, 1.807) is 17.6 Å². The number of anilines is 1. The molecular weight excluding hydrogens is 246 g/mol. The van der Waals surface area contributed by atoms with E-state index in [4.69, 9.17) is 4.42 Å². The van der Waals surface area contributed by atoms with Crippen LogP contribution in [0.5, 0.6) is 0 Å². The minimum Gasteiger partial charge on any atom is -0.432 e. The average Bonchev–Trinajstić information content (AvgIpc) is 2.88. The van der Waals surface area contributed by atoms with Gasteiger partial charge in [-0.25, -0.2) is 0 Å². The van der Waals surface area contributed by atoms with Gasteiger partial charge in [0, 0.05) is 24.5 Å². The van der Waals surface area contributed by atoms with Crippen LogP contribution in [0.25, 0.3) is 0 Å². The number of hydrogen-bond donors (Lipinski definition) is 1. The highest BCUT2D eigenvalue weighted by Gasteiger charge is 2.20. The summed E-state index contributed by atoms with van der Waals surface area (Å²) < 4.78 is 5.51. The number of nitrogens with zero attached hydrogens (tertiary/aromatic N) is 2. The molecule has 0 spiro atoms. The normalized spacial score (nSPS) is 14.9. The highest BCUT2D eigenvalue weighted by molar-refractivity contribution is 7.09. The van der Waals surface area contributed by atoms with Crippen LogP contribution in [0.3, 0.4) is 0 Å². The Hall–Kier alpha value is -1.33. The van der Waals surface area contributed by atoms with Gasteiger partial charge in [0.1, 0.15) is 6.26 Å². The average molecular weight is 263 g/mol. The fourth-order valence-electron chi connectivity index (χ4n) is 1.79. The van der Waals surface area contributed by atoms with Crippen LogP contribution < -0.4 is 10.2 Å². The van der Waals surface area contributed by atoms with E-state index in [1.165, 1.54) is 17.7 Å². The van der Waals surface area contributed by atoms with E-state index in [2.05, 4.69) is 27.8 Å². The lowest BCUT2D eigenvalue weighted by atomic mass is 10.4. The minimum atomic E-state index is 0.691. The van der Waals surface area contributed by atoms with Gasteiger partial charge < -0.3 is 14.6 Å². The maximum Gasteiger partial charge on any atom is 0.297 e. The molecular formula is C13H17N3OS. The van der Waals surface area contributed by atoms with Gasteiger partial charge in [-0.2, -0.15) is 4.98 Å². The molecule has 18 heavy (non-hydrogen) atoms. The Labute approximate surface area is 111 Å². The van der Waals surface area contributed by atoms with Gasteiger partial charge in [-0.1, -0.05) is 6.07 Å². The summed E-state index contributed by atoms with van der Waals surface area (Å²) in [7, 11) is 2.00. The van der Waals surface area contributed by atoms with Gasteiger partial charge in [-0.05, 0) is 24.3 Å². The first-order valence-corrected chi connectivity index (χ1v) is 7.10. The molecule has 0 aliphatic heterocycles. The molecule has 0 amide bonds. The van der Waals surface area contributed by atoms with Crippen molar-refractivity contribution in [2.75, 3.05) is 11.9 Å². The molecule has 1 aliphatic rings. The van der Waals surface area contributed by atoms with Gasteiger partial charge in [0.15, 0.2) is 0 Å². The van der Waals surface area contributed by atoms with E-state index in [0.29, 0.717) is 12.1 Å². The lowest BCUT2D eigenvalue weighted by molar-refractivity contribution is 0.543. The summed E-state index contributed by atoms with van der Waals surface area (Å²) in [5.74, 6) is 0. The van der Waals surface area contributed by atoms with Crippen LogP contribution in [-0.4, -0.2) is 18.1 Å². The van der Waals surface area contributed by atoms with Gasteiger partial charge in [0.2, 0.25) is 0 Å². The predicted octanol–water partition coefficient (Wildman–Crippen LogP) is 2.62. The summed E-state index contributed by atoms with van der Waals surface area (Å²) in [5.41, 5.74) is 0.981. The summed E-state index contributed by atoms with van der Waals surface area (Å²) in [6.07, 6.45) is 4.33. The summed E-state index contributed by atoms with van der Waals surface area (Å²) in [4.78, 5) is 7.84. The van der Waals surface area contributed by atoms with E-state index in [1.807, 2.05) is 11.9 Å². The van der Waals surface area contributed by atoms with Crippen molar-refractivity contribution in [2.45, 2.75) is 32.0 Å². The van der Waals surface area contributed by atoms with Crippen molar-refractivity contribution in [1.29, 1.82) is 0 Å². The van der Waals surface area contributed by atoms with Crippen LogP contribution in [0.2, 0.25) is 0 Å². The summed E-state index contributed by atoms with van der Waals surface area (Å²) >= 11 is 1.75. The molecule has 2 aromatic heterocycles. The highest BCUT2D eigenvalue weighted by atomic mass is 32.1. The first-order chi connectivity index (χ1) is 8.81. The fraction of sp³-hybridized carbons (Fsp3) is 0.462. The standard InChI is InChI=1S/C13H17N3OS/c1-16(8-12-3-2-6-18-12)13-15-11(9-17-13)7-14-10-4-5-10/h2-3,6,9-10,14H,4-5,7-8H2,1H3. The Morgan fingerprint density at radius 1 is 1.56 bits per heavy atom. The number of rotatable bonds is 6. The second-order valence-electron chi connectivity index (χ2n) is 4.71. The monoisotopic (exact) mass is 263 g/mol. The zero-order valence-corrected chi connectivity index (χ0v) is 11.2. The topological polar surface area (TPSA) is 41.3 Å². The SMILES string of the molecule is CN(Cc1cccs1)c1nc(CNC2CC2)co1. The maximum atomic E-state index is 5.51. The Balaban J connectivity index is 1.57. The molecule has 1 N–H and O–H groups in total. The van der Waals surface area contributed by atoms with Crippen molar-refractivity contribution >= 4 is 17.4 Å². The van der Waals surface area contributed by atoms with Crippen LogP contribution >= 0.6 is 11.3 Å². The van der Waals surface area contributed by atoms with Crippen molar-refractivity contribution in [2.24, 2.45) is 0 Å². The molecule has 0 radical (unpaired) electrons. The molecule has 4 nitrogen and oxygen atoms in total. The zero-order valence-electron chi connectivity index (χ0n) is 10.4. The van der Waals surface area contributed by atoms with Gasteiger partial charge in [0.05, 0.1) is 12.2 Å². The summed E-state index contributed by atoms with van der Waals surface area (Å²) in [6, 6.07) is 5.58. The molecule has 0 unspecified atom stereocenters. The molecule has 2 aromatic rings. The lowest BCUT2D eigenvalue weighted by Gasteiger charge is -2.12. The molecule has 0 bridgehead atoms. The molecule has 3 rings (SSSR count). The van der Waals surface area contributed by atoms with Gasteiger partial charge >= 0.3 is 0 Å². The third-order valence-electron chi connectivity index (χ3n) is 2.99. The highest BCUT2D eigenvalue weighted by Crippen LogP contribution is 2.20. The van der Waals surface area contributed by atoms with Crippen LogP contribution in [-0.2, 0) is 13.1 Å². The molecule has 0 aromatic carbocycles. The van der Waals surface area contributed by atoms with Crippen LogP contribution in [0.4, 0.5) is 6.01 Å². The number of thiophene rings is 1. The Bertz CT molecular complexity index is 490. The van der Waals surface area contributed by atoms with E-state index >= 15 is 0 Å². The van der Waals surface area contributed by atoms with E-state index in [0.717, 1.165) is 18.8 Å². The number of hydrogen-bond acceptors (Lipinski definition) is 5. The lowest BCUT2D eigenvalue weighted by Crippen LogP contribution is -2.17. The smallest absolute Gasteiger partial charge is 0.297 e. The number of oxazole rings is 1. The van der Waals surface area contributed by atoms with Gasteiger partial charge in [-0.15, -0.1) is 11.3 Å². The number of nitrogens with one attached hydrogen (secondary N) is 1. The van der Waals surface area contributed by atoms with Crippen LogP contribution in [0.15, 0.2) is 28.2 Å². The zero-order chi connectivity index (χ0) is 12.4. The Morgan fingerprint density at radius 2 is 2.44 bits per heavy atom. The molecule has 2 heterocycles. The summed E-state index contributed by atoms with van der Waals surface area (Å²) in [5, 5.41) is 5.52. The molecule has 0 saturated heterocycles. The predicted molar refractivity (Wildman–Crippen MR) is 72.8 cm³/mol. The maximum absolute atomic E-state index is 5.51. The second-order valence-corrected chi connectivity index (χ2v) is 5.74. The molecule has 1 saturated carbocycles. The molecule has 1 aliphatic carbocycles. The largest absolute Gasteiger partial charge is 0.432 e. The van der Waals surface area contributed by atoms with Crippen molar-refractivity contribution in [3.63, 3.8) is 0 Å². The third-order valence-corrected chi connectivity index (χ3v) is 3.85. The fourth-order valence-corrected chi connectivity index (χ4v) is 2.55. The molecule has 1 fully saturated rings. The van der Waals surface area contributed by atoms with Crippen LogP contribution in [0, 0.1) is 0 Å². The third kappa shape index (κ3) is 2.91. The number of aromatic nitrogens is 1. The molecule has 5 heteroatoms. The van der Waals surface area contributed by atoms with Gasteiger partial charge in [-0.3, -0.25) is 0 Å². The van der Waals surface area contributed by atoms with E-state index < -0.39 is 0 Å². The van der Waals surface area contributed by atoms with E-state index in [-0.39, 0.29) is 0 Å². The van der Waals surface area contributed by atoms with Crippen molar-refractivity contribution < 1.29 is 4.42 Å². The second kappa shape index (κ2) is 5.12. The molecule has 0 atom stereocenters. The van der Waals surface area contributed by atoms with Crippen molar-refractivity contribution in [3.05, 3.63) is 34.3 Å². The quantitative estimate of drug-likeness (QED) is 0.870. The summed E-state index contributed by atoms with van der Waals surface area (Å²) in [6.45, 7) is 1.65. The Morgan fingerprint density at radius 3 is 3.17 bits per heavy atom. The van der Waals surface area contributed by atoms with Crippen molar-refractivity contribution in [3.8, 4) is 0 Å². The van der Waals surface area contributed by atoms with E-state index in [9.17, 15) is 0 Å². The van der Waals surface area contributed by atoms with Crippen LogP contribution in [0.1, 0.15) is 23.4 Å². The van der Waals surface area contributed by atoms with Crippen molar-refractivity contribution in [1.82, 2.24) is 10.3 Å². The molecule has 96 valence electrons. The first kappa shape index (κ1) is 11.7.